The summed E-state index contributed by atoms with van der Waals surface area (Å²) in [6, 6.07) is 1.33. The highest BCUT2D eigenvalue weighted by atomic mass is 32.2. The minimum atomic E-state index is -4.70. The van der Waals surface area contributed by atoms with Gasteiger partial charge in [-0.05, 0) is 56.2 Å². The second kappa shape index (κ2) is 9.70. The molecule has 0 radical (unpaired) electrons. The highest BCUT2D eigenvalue weighted by Gasteiger charge is 2.45. The van der Waals surface area contributed by atoms with Gasteiger partial charge in [-0.15, -0.1) is 0 Å². The van der Waals surface area contributed by atoms with Gasteiger partial charge in [0.2, 0.25) is 5.91 Å². The van der Waals surface area contributed by atoms with Crippen LogP contribution in [0.3, 0.4) is 0 Å². The van der Waals surface area contributed by atoms with E-state index in [4.69, 9.17) is 0 Å². The smallest absolute Gasteiger partial charge is 0.347 e. The third kappa shape index (κ3) is 5.63. The van der Waals surface area contributed by atoms with E-state index in [1.165, 1.54) is 17.2 Å². The summed E-state index contributed by atoms with van der Waals surface area (Å²) in [7, 11) is -3.62. The number of nitrogens with zero attached hydrogens (tertiary/aromatic N) is 2. The molecular weight excluding hydrogens is 514 g/mol. The Hall–Kier alpha value is -3.02. The zero-order valence-corrected chi connectivity index (χ0v) is 21.2. The number of hydrogen-bond acceptors (Lipinski definition) is 5. The molecule has 1 N–H and O–H groups in total. The van der Waals surface area contributed by atoms with Gasteiger partial charge in [0.1, 0.15) is 11.9 Å². The number of likely N-dealkylation sites (tertiary alicyclic amines) is 1. The molecule has 2 aromatic rings. The number of carbonyl (C=O) groups excluding carboxylic acids is 2. The van der Waals surface area contributed by atoms with E-state index in [1.54, 1.807) is 6.92 Å². The van der Waals surface area contributed by atoms with Gasteiger partial charge >= 0.3 is 6.18 Å². The summed E-state index contributed by atoms with van der Waals surface area (Å²) >= 11 is 0. The monoisotopic (exact) mass is 541 g/mol. The molecule has 1 saturated heterocycles. The van der Waals surface area contributed by atoms with Crippen molar-refractivity contribution in [2.45, 2.75) is 62.3 Å². The van der Waals surface area contributed by atoms with Crippen molar-refractivity contribution in [2.24, 2.45) is 11.8 Å². The molecule has 2 aliphatic rings. The van der Waals surface area contributed by atoms with Gasteiger partial charge in [0.25, 0.3) is 5.91 Å². The summed E-state index contributed by atoms with van der Waals surface area (Å²) in [5, 5.41) is 2.78. The van der Waals surface area contributed by atoms with Crippen molar-refractivity contribution in [1.82, 2.24) is 15.2 Å². The Bertz CT molecular complexity index is 1330. The number of amides is 2. The number of alkyl halides is 3. The second-order valence-corrected chi connectivity index (χ2v) is 11.9. The molecule has 1 aliphatic heterocycles. The van der Waals surface area contributed by atoms with Crippen LogP contribution in [0.2, 0.25) is 0 Å². The van der Waals surface area contributed by atoms with Crippen LogP contribution in [0, 0.1) is 17.7 Å². The maximum Gasteiger partial charge on any atom is 0.416 e. The van der Waals surface area contributed by atoms with E-state index < -0.39 is 51.3 Å². The first-order chi connectivity index (χ1) is 17.2. The van der Waals surface area contributed by atoms with E-state index in [9.17, 15) is 35.6 Å². The first-order valence-corrected chi connectivity index (χ1v) is 13.7. The molecule has 0 spiro atoms. The van der Waals surface area contributed by atoms with Crippen LogP contribution in [0.4, 0.5) is 17.6 Å². The molecule has 0 bridgehead atoms. The summed E-state index contributed by atoms with van der Waals surface area (Å²) < 4.78 is 77.6. The van der Waals surface area contributed by atoms with Gasteiger partial charge < -0.3 is 10.2 Å². The predicted octanol–water partition coefficient (Wildman–Crippen LogP) is 4.15. The lowest BCUT2D eigenvalue weighted by Gasteiger charge is -2.30. The standard InChI is InChI=1S/C25H27F4N3O4S/c1-13-8-21(32(14(13)2)24(34)16-9-18(12-30-11-16)37(3,35)36)23(33)31-22(15-4-5-15)19-7-6-17(10-20(19)26)25(27,28)29/h6-7,9-15,21-22H,4-5,8H2,1-3H3,(H,31,33)/t13-,14-,21-,22-/m1/s1. The van der Waals surface area contributed by atoms with Gasteiger partial charge in [0.15, 0.2) is 9.84 Å². The SMILES string of the molecule is C[C@@H]1C[C@H](C(=O)N[C@@H](c2ccc(C(F)(F)F)cc2F)C2CC2)N(C(=O)c2cncc(S(C)(=O)=O)c2)[C@@H]1C. The van der Waals surface area contributed by atoms with Gasteiger partial charge in [-0.25, -0.2) is 12.8 Å². The van der Waals surface area contributed by atoms with Crippen LogP contribution in [-0.2, 0) is 20.8 Å². The Kier molecular flexibility index (Phi) is 7.08. The Morgan fingerprint density at radius 2 is 1.81 bits per heavy atom. The van der Waals surface area contributed by atoms with Crippen molar-refractivity contribution < 1.29 is 35.6 Å². The fourth-order valence-electron chi connectivity index (χ4n) is 4.75. The summed E-state index contributed by atoms with van der Waals surface area (Å²) in [6.45, 7) is 3.65. The maximum atomic E-state index is 14.8. The van der Waals surface area contributed by atoms with Crippen LogP contribution in [0.5, 0.6) is 0 Å². The molecule has 1 saturated carbocycles. The van der Waals surface area contributed by atoms with Crippen molar-refractivity contribution in [3.63, 3.8) is 0 Å². The minimum absolute atomic E-state index is 0.00852. The molecule has 37 heavy (non-hydrogen) atoms. The zero-order valence-electron chi connectivity index (χ0n) is 20.4. The quantitative estimate of drug-likeness (QED) is 0.555. The molecule has 2 heterocycles. The van der Waals surface area contributed by atoms with Crippen molar-refractivity contribution >= 4 is 21.7 Å². The first-order valence-electron chi connectivity index (χ1n) is 11.8. The van der Waals surface area contributed by atoms with Gasteiger partial charge in [-0.2, -0.15) is 13.2 Å². The van der Waals surface area contributed by atoms with E-state index in [0.717, 1.165) is 24.6 Å². The number of aromatic nitrogens is 1. The normalized spacial score (nSPS) is 23.1. The number of benzene rings is 1. The lowest BCUT2D eigenvalue weighted by Crippen LogP contribution is -2.49. The minimum Gasteiger partial charge on any atom is -0.347 e. The molecule has 7 nitrogen and oxygen atoms in total. The fourth-order valence-corrected chi connectivity index (χ4v) is 5.35. The largest absolute Gasteiger partial charge is 0.416 e. The summed E-state index contributed by atoms with van der Waals surface area (Å²) in [5.74, 6) is -2.39. The molecule has 1 aromatic carbocycles. The number of halogens is 4. The van der Waals surface area contributed by atoms with Crippen molar-refractivity contribution in [3.8, 4) is 0 Å². The fraction of sp³-hybridized carbons (Fsp3) is 0.480. The third-order valence-electron chi connectivity index (χ3n) is 7.17. The summed E-state index contributed by atoms with van der Waals surface area (Å²) in [6.07, 6.45) is 0.318. The van der Waals surface area contributed by atoms with Crippen molar-refractivity contribution in [2.75, 3.05) is 6.26 Å². The molecule has 2 amide bonds. The Balaban J connectivity index is 1.60. The van der Waals surface area contributed by atoms with Crippen molar-refractivity contribution in [1.29, 1.82) is 0 Å². The summed E-state index contributed by atoms with van der Waals surface area (Å²) in [5.41, 5.74) is -1.14. The third-order valence-corrected chi connectivity index (χ3v) is 8.25. The van der Waals surface area contributed by atoms with Crippen LogP contribution < -0.4 is 5.32 Å². The number of nitrogens with one attached hydrogen (secondary N) is 1. The molecule has 1 aromatic heterocycles. The number of pyridine rings is 1. The lowest BCUT2D eigenvalue weighted by atomic mass is 9.98. The van der Waals surface area contributed by atoms with Crippen LogP contribution >= 0.6 is 0 Å². The van der Waals surface area contributed by atoms with Crippen LogP contribution in [0.1, 0.15) is 60.6 Å². The van der Waals surface area contributed by atoms with E-state index in [2.05, 4.69) is 10.3 Å². The van der Waals surface area contributed by atoms with Gasteiger partial charge in [0, 0.05) is 30.3 Å². The molecule has 4 atom stereocenters. The average molecular weight is 542 g/mol. The van der Waals surface area contributed by atoms with Crippen molar-refractivity contribution in [3.05, 3.63) is 59.2 Å². The number of hydrogen-bond donors (Lipinski definition) is 1. The van der Waals surface area contributed by atoms with E-state index in [-0.39, 0.29) is 33.9 Å². The average Bonchev–Trinajstić information content (AvgIpc) is 3.61. The number of rotatable bonds is 6. The van der Waals surface area contributed by atoms with Crippen LogP contribution in [0.15, 0.2) is 41.6 Å². The molecular formula is C25H27F4N3O4S. The Morgan fingerprint density at radius 1 is 1.14 bits per heavy atom. The van der Waals surface area contributed by atoms with E-state index in [0.29, 0.717) is 25.3 Å². The molecule has 12 heteroatoms. The maximum absolute atomic E-state index is 14.8. The Labute approximate surface area is 212 Å². The topological polar surface area (TPSA) is 96.4 Å². The van der Waals surface area contributed by atoms with Crippen LogP contribution in [-0.4, -0.2) is 48.5 Å². The first kappa shape index (κ1) is 27.0. The van der Waals surface area contributed by atoms with Gasteiger partial charge in [-0.1, -0.05) is 13.0 Å². The number of sulfone groups is 1. The molecule has 200 valence electrons. The molecule has 0 unspecified atom stereocenters. The lowest BCUT2D eigenvalue weighted by molar-refractivity contribution is -0.137. The summed E-state index contributed by atoms with van der Waals surface area (Å²) in [4.78, 5) is 32.0. The van der Waals surface area contributed by atoms with Crippen LogP contribution in [0.25, 0.3) is 0 Å². The van der Waals surface area contributed by atoms with Gasteiger partial charge in [0.05, 0.1) is 22.1 Å². The Morgan fingerprint density at radius 3 is 2.38 bits per heavy atom. The molecule has 1 aliphatic carbocycles. The van der Waals surface area contributed by atoms with Gasteiger partial charge in [-0.3, -0.25) is 14.6 Å². The highest BCUT2D eigenvalue weighted by Crippen LogP contribution is 2.43. The highest BCUT2D eigenvalue weighted by molar-refractivity contribution is 7.90. The zero-order chi connectivity index (χ0) is 27.3. The molecule has 2 fully saturated rings. The number of carbonyl (C=O) groups is 2. The second-order valence-electron chi connectivity index (χ2n) is 9.92. The molecule has 4 rings (SSSR count). The van der Waals surface area contributed by atoms with E-state index >= 15 is 0 Å². The predicted molar refractivity (Wildman–Crippen MR) is 126 cm³/mol. The van der Waals surface area contributed by atoms with E-state index in [1.807, 2.05) is 6.92 Å².